The molecular weight excluding hydrogens is 266 g/mol. The van der Waals surface area contributed by atoms with Crippen LogP contribution in [0.2, 0.25) is 0 Å². The van der Waals surface area contributed by atoms with Crippen LogP contribution in [0.15, 0.2) is 15.2 Å². The molecule has 0 aliphatic heterocycles. The van der Waals surface area contributed by atoms with Gasteiger partial charge in [0.15, 0.2) is 0 Å². The summed E-state index contributed by atoms with van der Waals surface area (Å²) in [6.45, 7) is 0.451. The molecule has 14 heavy (non-hydrogen) atoms. The molecule has 76 valence electrons. The largest absolute Gasteiger partial charge is 0.367 e. The second-order valence-electron chi connectivity index (χ2n) is 3.37. The molecular formula is C9H10BrNO2S. The summed E-state index contributed by atoms with van der Waals surface area (Å²) in [5.41, 5.74) is 5.64. The molecule has 1 aromatic heterocycles. The van der Waals surface area contributed by atoms with Crippen molar-refractivity contribution >= 4 is 33.2 Å². The van der Waals surface area contributed by atoms with E-state index < -0.39 is 5.60 Å². The van der Waals surface area contributed by atoms with Crippen LogP contribution >= 0.6 is 27.3 Å². The predicted octanol–water partition coefficient (Wildman–Crippen LogP) is 2.05. The number of ether oxygens (including phenoxy) is 1. The van der Waals surface area contributed by atoms with Gasteiger partial charge in [-0.05, 0) is 40.2 Å². The Bertz CT molecular complexity index is 359. The topological polar surface area (TPSA) is 52.3 Å². The van der Waals surface area contributed by atoms with Gasteiger partial charge in [0, 0.05) is 5.56 Å². The maximum Gasteiger partial charge on any atom is 0.249 e. The third-order valence-corrected chi connectivity index (χ3v) is 4.16. The first-order valence-electron chi connectivity index (χ1n) is 4.30. The van der Waals surface area contributed by atoms with Crippen molar-refractivity contribution in [2.75, 3.05) is 0 Å². The smallest absolute Gasteiger partial charge is 0.249 e. The Morgan fingerprint density at radius 1 is 1.71 bits per heavy atom. The van der Waals surface area contributed by atoms with E-state index in [0.29, 0.717) is 6.61 Å². The minimum absolute atomic E-state index is 0.344. The lowest BCUT2D eigenvalue weighted by molar-refractivity contribution is -0.133. The van der Waals surface area contributed by atoms with Crippen molar-refractivity contribution in [1.82, 2.24) is 0 Å². The highest BCUT2D eigenvalue weighted by molar-refractivity contribution is 9.11. The Morgan fingerprint density at radius 3 is 2.86 bits per heavy atom. The quantitative estimate of drug-likeness (QED) is 0.915. The molecule has 0 unspecified atom stereocenters. The predicted molar refractivity (Wildman–Crippen MR) is 58.0 cm³/mol. The molecule has 0 radical (unpaired) electrons. The number of rotatable bonds is 4. The van der Waals surface area contributed by atoms with E-state index in [2.05, 4.69) is 15.9 Å². The number of hydrogen-bond acceptors (Lipinski definition) is 3. The summed E-state index contributed by atoms with van der Waals surface area (Å²) in [6, 6.07) is 1.98. The van der Waals surface area contributed by atoms with Gasteiger partial charge in [0.25, 0.3) is 0 Å². The van der Waals surface area contributed by atoms with E-state index in [0.717, 1.165) is 22.2 Å². The summed E-state index contributed by atoms with van der Waals surface area (Å²) in [7, 11) is 0. The van der Waals surface area contributed by atoms with Crippen LogP contribution in [0.3, 0.4) is 0 Å². The molecule has 0 spiro atoms. The lowest BCUT2D eigenvalue weighted by Gasteiger charge is -2.11. The number of carbonyl (C=O) groups excluding carboxylic acids is 1. The summed E-state index contributed by atoms with van der Waals surface area (Å²) >= 11 is 5.02. The van der Waals surface area contributed by atoms with Gasteiger partial charge in [0.05, 0.1) is 10.4 Å². The Kier molecular flexibility index (Phi) is 2.64. The fraction of sp³-hybridized carbons (Fsp3) is 0.444. The molecule has 0 atom stereocenters. The van der Waals surface area contributed by atoms with Gasteiger partial charge in [-0.2, -0.15) is 0 Å². The summed E-state index contributed by atoms with van der Waals surface area (Å²) < 4.78 is 6.58. The molecule has 1 aromatic rings. The summed E-state index contributed by atoms with van der Waals surface area (Å²) in [5, 5.41) is 1.98. The third-order valence-electron chi connectivity index (χ3n) is 2.35. The van der Waals surface area contributed by atoms with Crippen molar-refractivity contribution in [2.24, 2.45) is 5.73 Å². The number of hydrogen-bond donors (Lipinski definition) is 1. The molecule has 1 aliphatic carbocycles. The Labute approximate surface area is 94.4 Å². The molecule has 1 heterocycles. The van der Waals surface area contributed by atoms with E-state index in [1.807, 2.05) is 11.4 Å². The van der Waals surface area contributed by atoms with Crippen LogP contribution in [-0.4, -0.2) is 11.5 Å². The molecule has 2 N–H and O–H groups in total. The average Bonchev–Trinajstić information content (AvgIpc) is 2.83. The van der Waals surface area contributed by atoms with Gasteiger partial charge in [-0.3, -0.25) is 4.79 Å². The second kappa shape index (κ2) is 3.64. The third kappa shape index (κ3) is 1.85. The van der Waals surface area contributed by atoms with Crippen molar-refractivity contribution in [1.29, 1.82) is 0 Å². The zero-order valence-corrected chi connectivity index (χ0v) is 9.86. The first-order valence-corrected chi connectivity index (χ1v) is 5.97. The Balaban J connectivity index is 1.95. The fourth-order valence-electron chi connectivity index (χ4n) is 1.21. The van der Waals surface area contributed by atoms with Crippen LogP contribution in [0.25, 0.3) is 0 Å². The monoisotopic (exact) mass is 275 g/mol. The molecule has 1 aliphatic rings. The fourth-order valence-corrected chi connectivity index (χ4v) is 2.41. The first kappa shape index (κ1) is 10.1. The lowest BCUT2D eigenvalue weighted by Crippen LogP contribution is -2.33. The van der Waals surface area contributed by atoms with Crippen LogP contribution < -0.4 is 5.73 Å². The molecule has 1 fully saturated rings. The molecule has 1 saturated carbocycles. The maximum absolute atomic E-state index is 11.0. The van der Waals surface area contributed by atoms with E-state index in [1.54, 1.807) is 11.3 Å². The number of amides is 1. The van der Waals surface area contributed by atoms with Crippen molar-refractivity contribution in [3.8, 4) is 0 Å². The SMILES string of the molecule is NC(=O)C1(OCc2ccsc2Br)CC1. The molecule has 0 aromatic carbocycles. The molecule has 5 heteroatoms. The van der Waals surface area contributed by atoms with Gasteiger partial charge in [0.2, 0.25) is 5.91 Å². The van der Waals surface area contributed by atoms with Crippen molar-refractivity contribution in [2.45, 2.75) is 25.0 Å². The van der Waals surface area contributed by atoms with Crippen LogP contribution in [0.5, 0.6) is 0 Å². The van der Waals surface area contributed by atoms with Gasteiger partial charge in [0.1, 0.15) is 5.60 Å². The molecule has 0 bridgehead atoms. The van der Waals surface area contributed by atoms with Gasteiger partial charge in [-0.1, -0.05) is 0 Å². The minimum atomic E-state index is -0.665. The molecule has 0 saturated heterocycles. The van der Waals surface area contributed by atoms with Crippen molar-refractivity contribution in [3.63, 3.8) is 0 Å². The minimum Gasteiger partial charge on any atom is -0.367 e. The van der Waals surface area contributed by atoms with E-state index in [4.69, 9.17) is 10.5 Å². The molecule has 1 amide bonds. The molecule has 3 nitrogen and oxygen atoms in total. The van der Waals surface area contributed by atoms with Crippen molar-refractivity contribution < 1.29 is 9.53 Å². The highest BCUT2D eigenvalue weighted by Crippen LogP contribution is 2.40. The van der Waals surface area contributed by atoms with Gasteiger partial charge in [-0.15, -0.1) is 11.3 Å². The van der Waals surface area contributed by atoms with Crippen molar-refractivity contribution in [3.05, 3.63) is 20.8 Å². The summed E-state index contributed by atoms with van der Waals surface area (Å²) in [4.78, 5) is 11.0. The summed E-state index contributed by atoms with van der Waals surface area (Å²) in [5.74, 6) is -0.344. The van der Waals surface area contributed by atoms with Crippen LogP contribution in [0.1, 0.15) is 18.4 Å². The van der Waals surface area contributed by atoms with E-state index >= 15 is 0 Å². The van der Waals surface area contributed by atoms with E-state index in [9.17, 15) is 4.79 Å². The Morgan fingerprint density at radius 2 is 2.43 bits per heavy atom. The number of carbonyl (C=O) groups is 1. The first-order chi connectivity index (χ1) is 6.64. The number of primary amides is 1. The highest BCUT2D eigenvalue weighted by Gasteiger charge is 2.50. The van der Waals surface area contributed by atoms with Crippen LogP contribution in [0, 0.1) is 0 Å². The van der Waals surface area contributed by atoms with E-state index in [-0.39, 0.29) is 5.91 Å². The van der Waals surface area contributed by atoms with E-state index in [1.165, 1.54) is 0 Å². The Hall–Kier alpha value is -0.390. The van der Waals surface area contributed by atoms with Crippen LogP contribution in [0.4, 0.5) is 0 Å². The normalized spacial score (nSPS) is 18.1. The lowest BCUT2D eigenvalue weighted by atomic mass is 10.3. The van der Waals surface area contributed by atoms with Gasteiger partial charge in [-0.25, -0.2) is 0 Å². The van der Waals surface area contributed by atoms with Gasteiger partial charge >= 0.3 is 0 Å². The number of nitrogens with two attached hydrogens (primary N) is 1. The maximum atomic E-state index is 11.0. The molecule has 2 rings (SSSR count). The van der Waals surface area contributed by atoms with Gasteiger partial charge < -0.3 is 10.5 Å². The number of thiophene rings is 1. The van der Waals surface area contributed by atoms with Crippen LogP contribution in [-0.2, 0) is 16.1 Å². The second-order valence-corrected chi connectivity index (χ2v) is 5.60. The average molecular weight is 276 g/mol. The summed E-state index contributed by atoms with van der Waals surface area (Å²) in [6.07, 6.45) is 1.51. The standard InChI is InChI=1S/C9H10BrNO2S/c10-7-6(1-4-14-7)5-13-9(2-3-9)8(11)12/h1,4H,2-3,5H2,(H2,11,12). The zero-order valence-electron chi connectivity index (χ0n) is 7.46. The number of halogens is 1. The zero-order chi connectivity index (χ0) is 10.2. The highest BCUT2D eigenvalue weighted by atomic mass is 79.9.